The molecule has 382 valence electrons. The number of amides is 3. The van der Waals surface area contributed by atoms with Crippen molar-refractivity contribution in [2.24, 2.45) is 10.2 Å². The predicted molar refractivity (Wildman–Crippen MR) is 262 cm³/mol. The van der Waals surface area contributed by atoms with Gasteiger partial charge in [0.25, 0.3) is 16.0 Å². The van der Waals surface area contributed by atoms with Gasteiger partial charge < -0.3 is 60.4 Å². The van der Waals surface area contributed by atoms with E-state index in [4.69, 9.17) is 18.9 Å². The van der Waals surface area contributed by atoms with Gasteiger partial charge in [-0.2, -0.15) is 18.6 Å². The van der Waals surface area contributed by atoms with E-state index >= 15 is 0 Å². The Bertz CT molecular complexity index is 2730. The number of anilines is 2. The van der Waals surface area contributed by atoms with Crippen molar-refractivity contribution in [3.05, 3.63) is 102 Å². The first-order valence-corrected chi connectivity index (χ1v) is 24.5. The molecule has 7 atom stereocenters. The molecule has 6 rings (SSSR count). The van der Waals surface area contributed by atoms with Crippen molar-refractivity contribution in [2.75, 3.05) is 63.8 Å². The Morgan fingerprint density at radius 3 is 2.25 bits per heavy atom. The Hall–Kier alpha value is -6.00. The number of nitrogens with one attached hydrogen (secondary N) is 4. The average molecular weight is 1070 g/mol. The molecular weight excluding hydrogens is 1010 g/mol. The fraction of sp³-hybridized carbons (Fsp3) is 0.413. The topological polar surface area (TPSA) is 310 Å². The molecule has 1 aliphatic rings. The summed E-state index contributed by atoms with van der Waals surface area (Å²) in [6, 6.07) is 22.3. The number of hydrogen-bond acceptors (Lipinski definition) is 18. The summed E-state index contributed by atoms with van der Waals surface area (Å²) >= 11 is 3.44. The monoisotopic (exact) mass is 1070 g/mol. The Balaban J connectivity index is 1.00. The molecule has 23 nitrogen and oxygen atoms in total. The molecule has 0 bridgehead atoms. The van der Waals surface area contributed by atoms with E-state index < -0.39 is 69.8 Å². The number of alkyl halides is 1. The second-order valence-corrected chi connectivity index (χ2v) is 19.6. The maximum absolute atomic E-state index is 13.8. The van der Waals surface area contributed by atoms with Crippen LogP contribution in [0.25, 0.3) is 10.8 Å². The second-order valence-electron chi connectivity index (χ2n) is 16.6. The molecule has 3 amide bonds. The maximum atomic E-state index is 13.8. The molecule has 0 spiro atoms. The molecule has 0 saturated carbocycles. The van der Waals surface area contributed by atoms with E-state index in [-0.39, 0.29) is 56.8 Å². The van der Waals surface area contributed by atoms with E-state index in [1.807, 2.05) is 43.3 Å². The molecule has 1 fully saturated rings. The van der Waals surface area contributed by atoms with Gasteiger partial charge in [0.05, 0.1) is 57.1 Å². The first kappa shape index (κ1) is 54.3. The molecule has 71 heavy (non-hydrogen) atoms. The van der Waals surface area contributed by atoms with E-state index in [0.717, 1.165) is 5.69 Å². The zero-order chi connectivity index (χ0) is 51.3. The molecule has 1 aliphatic heterocycles. The summed E-state index contributed by atoms with van der Waals surface area (Å²) in [5.74, 6) is -1.53. The zero-order valence-electron chi connectivity index (χ0n) is 39.2. The fourth-order valence-electron chi connectivity index (χ4n) is 7.23. The van der Waals surface area contributed by atoms with Crippen LogP contribution in [-0.2, 0) is 51.7 Å². The molecule has 25 heteroatoms. The van der Waals surface area contributed by atoms with Gasteiger partial charge in [0.15, 0.2) is 16.9 Å². The molecule has 8 N–H and O–H groups in total. The SMILES string of the molecule is CC(=O)N[C@H]1[C@H](O[C@@H](OCCOCCn2cc(CNC(=O)c3ccc(/N=N/c4ccc(N(C)C)cc4)cc3)nn2)[C@@](C)(Br)C(=O)NCCNc2cccc3c(S(=O)(=O)O)cccc23)O[C@H](CO)[C@@H](O)[C@@H]1O. The minimum atomic E-state index is -4.49. The third-order valence-corrected chi connectivity index (χ3v) is 12.7. The first-order chi connectivity index (χ1) is 33.8. The lowest BCUT2D eigenvalue weighted by molar-refractivity contribution is -0.316. The minimum Gasteiger partial charge on any atom is -0.394 e. The van der Waals surface area contributed by atoms with Gasteiger partial charge in [-0.3, -0.25) is 18.9 Å². The summed E-state index contributed by atoms with van der Waals surface area (Å²) in [6.45, 7) is 2.52. The number of aromatic nitrogens is 3. The molecule has 0 radical (unpaired) electrons. The van der Waals surface area contributed by atoms with Gasteiger partial charge in [0, 0.05) is 61.8 Å². The van der Waals surface area contributed by atoms with Crippen LogP contribution in [0.1, 0.15) is 29.9 Å². The quantitative estimate of drug-likeness (QED) is 0.0145. The number of aliphatic hydroxyl groups excluding tert-OH is 3. The van der Waals surface area contributed by atoms with Crippen molar-refractivity contribution in [1.29, 1.82) is 0 Å². The van der Waals surface area contributed by atoms with Gasteiger partial charge in [-0.25, -0.2) is 4.68 Å². The maximum Gasteiger partial charge on any atom is 0.295 e. The zero-order valence-corrected chi connectivity index (χ0v) is 41.6. The van der Waals surface area contributed by atoms with Gasteiger partial charge in [0.2, 0.25) is 11.8 Å². The van der Waals surface area contributed by atoms with Crippen LogP contribution in [0.4, 0.5) is 22.7 Å². The number of ether oxygens (including phenoxy) is 4. The fourth-order valence-corrected chi connectivity index (χ4v) is 8.32. The number of halogens is 1. The molecule has 5 aromatic rings. The van der Waals surface area contributed by atoms with Crippen LogP contribution in [0, 0.1) is 0 Å². The molecule has 2 heterocycles. The van der Waals surface area contributed by atoms with E-state index in [2.05, 4.69) is 57.7 Å². The van der Waals surface area contributed by atoms with E-state index in [1.54, 1.807) is 54.7 Å². The van der Waals surface area contributed by atoms with Gasteiger partial charge >= 0.3 is 0 Å². The van der Waals surface area contributed by atoms with Gasteiger partial charge in [0.1, 0.15) is 34.9 Å². The molecule has 1 saturated heterocycles. The first-order valence-electron chi connectivity index (χ1n) is 22.3. The van der Waals surface area contributed by atoms with E-state index in [9.17, 15) is 42.7 Å². The van der Waals surface area contributed by atoms with Crippen molar-refractivity contribution in [3.8, 4) is 0 Å². The lowest BCUT2D eigenvalue weighted by Crippen LogP contribution is -2.66. The summed E-state index contributed by atoms with van der Waals surface area (Å²) < 4.78 is 57.2. The number of carbonyl (C=O) groups is 3. The second kappa shape index (κ2) is 24.9. The Kier molecular flexibility index (Phi) is 19.1. The number of azo groups is 1. The lowest BCUT2D eigenvalue weighted by Gasteiger charge is -2.44. The smallest absolute Gasteiger partial charge is 0.295 e. The molecular formula is C46H57BrN10O13S. The Morgan fingerprint density at radius 1 is 0.915 bits per heavy atom. The molecule has 1 aromatic heterocycles. The normalized spacial score (nSPS) is 19.5. The largest absolute Gasteiger partial charge is 0.394 e. The van der Waals surface area contributed by atoms with Crippen LogP contribution in [0.5, 0.6) is 0 Å². The summed E-state index contributed by atoms with van der Waals surface area (Å²) in [5, 5.41) is 60.1. The van der Waals surface area contributed by atoms with Crippen LogP contribution in [-0.4, -0.2) is 156 Å². The van der Waals surface area contributed by atoms with Gasteiger partial charge in [-0.1, -0.05) is 45.4 Å². The number of aliphatic hydroxyl groups is 3. The number of rotatable bonds is 24. The molecule has 0 aliphatic carbocycles. The summed E-state index contributed by atoms with van der Waals surface area (Å²) in [6.07, 6.45) is -5.94. The molecule has 4 aromatic carbocycles. The van der Waals surface area contributed by atoms with E-state index in [1.165, 1.54) is 30.7 Å². The van der Waals surface area contributed by atoms with Crippen molar-refractivity contribution >= 4 is 77.3 Å². The van der Waals surface area contributed by atoms with Crippen molar-refractivity contribution in [1.82, 2.24) is 30.9 Å². The summed E-state index contributed by atoms with van der Waals surface area (Å²) in [4.78, 5) is 40.5. The highest BCUT2D eigenvalue weighted by atomic mass is 79.9. The number of benzene rings is 4. The van der Waals surface area contributed by atoms with Crippen molar-refractivity contribution in [2.45, 2.75) is 73.1 Å². The standard InChI is InChI=1S/C46H57BrN10O13S/c1-28(59)51-39-41(61)40(60)37(27-58)69-43(39)70-45(46(2,47)44(63)49-20-19-48-36-9-5-8-35-34(36)7-6-10-38(35)71(64,65)66)68-24-23-67-22-21-57-26-32(54-55-57)25-50-42(62)29-11-13-30(14-12-29)52-53-31-15-17-33(18-16-31)56(3)4/h5-18,26,37,39-41,43,45,48,58,60-61H,19-25,27H2,1-4H3,(H,49,63)(H,50,62)(H,51,59)(H,64,65,66)/b53-52+/t37-,39-,40-,41-,43+,45-,46+/m1/s1. The minimum absolute atomic E-state index is 0.0122. The van der Waals surface area contributed by atoms with Crippen LogP contribution < -0.4 is 26.2 Å². The average Bonchev–Trinajstić information content (AvgIpc) is 3.81. The number of nitrogens with zero attached hydrogens (tertiary/aromatic N) is 6. The Labute approximate surface area is 417 Å². The van der Waals surface area contributed by atoms with Gasteiger partial charge in [-0.15, -0.1) is 5.10 Å². The van der Waals surface area contributed by atoms with Crippen molar-refractivity contribution in [3.63, 3.8) is 0 Å². The lowest BCUT2D eigenvalue weighted by atomic mass is 9.97. The summed E-state index contributed by atoms with van der Waals surface area (Å²) in [5.41, 5.74) is 3.80. The van der Waals surface area contributed by atoms with Crippen LogP contribution in [0.3, 0.4) is 0 Å². The van der Waals surface area contributed by atoms with E-state index in [0.29, 0.717) is 39.1 Å². The number of hydrogen-bond donors (Lipinski definition) is 8. The van der Waals surface area contributed by atoms with Crippen LogP contribution >= 0.6 is 15.9 Å². The highest BCUT2D eigenvalue weighted by Crippen LogP contribution is 2.32. The highest BCUT2D eigenvalue weighted by molar-refractivity contribution is 9.10. The third kappa shape index (κ3) is 14.8. The van der Waals surface area contributed by atoms with Crippen LogP contribution in [0.2, 0.25) is 0 Å². The van der Waals surface area contributed by atoms with Crippen LogP contribution in [0.15, 0.2) is 106 Å². The molecule has 0 unspecified atom stereocenters. The predicted octanol–water partition coefficient (Wildman–Crippen LogP) is 2.79. The third-order valence-electron chi connectivity index (χ3n) is 11.0. The van der Waals surface area contributed by atoms with Gasteiger partial charge in [-0.05, 0) is 67.6 Å². The number of fused-ring (bicyclic) bond motifs is 1. The Morgan fingerprint density at radius 2 is 1.59 bits per heavy atom. The van der Waals surface area contributed by atoms with Crippen molar-refractivity contribution < 1.29 is 61.6 Å². The number of carbonyl (C=O) groups excluding carboxylic acids is 3. The highest BCUT2D eigenvalue weighted by Gasteiger charge is 2.49. The summed E-state index contributed by atoms with van der Waals surface area (Å²) in [7, 11) is -0.579.